The highest BCUT2D eigenvalue weighted by Gasteiger charge is 2.12. The number of nitrogens with zero attached hydrogens (tertiary/aromatic N) is 3. The van der Waals surface area contributed by atoms with Gasteiger partial charge >= 0.3 is 0 Å². The summed E-state index contributed by atoms with van der Waals surface area (Å²) in [6.07, 6.45) is 2.03. The second-order valence-electron chi connectivity index (χ2n) is 5.66. The van der Waals surface area contributed by atoms with E-state index in [0.29, 0.717) is 23.6 Å². The maximum absolute atomic E-state index is 13.7. The van der Waals surface area contributed by atoms with Gasteiger partial charge in [-0.05, 0) is 24.3 Å². The number of benzene rings is 2. The van der Waals surface area contributed by atoms with Crippen LogP contribution in [0.1, 0.15) is 12.0 Å². The highest BCUT2D eigenvalue weighted by Crippen LogP contribution is 2.19. The molecule has 0 N–H and O–H groups in total. The Morgan fingerprint density at radius 3 is 2.88 bits per heavy atom. The number of carbonyl (C=O) groups is 1. The van der Waals surface area contributed by atoms with Crippen molar-refractivity contribution in [2.45, 2.75) is 19.5 Å². The highest BCUT2D eigenvalue weighted by molar-refractivity contribution is 6.31. The van der Waals surface area contributed by atoms with Crippen molar-refractivity contribution in [1.82, 2.24) is 14.7 Å². The summed E-state index contributed by atoms with van der Waals surface area (Å²) in [5.74, 6) is -0.358. The second kappa shape index (κ2) is 7.01. The van der Waals surface area contributed by atoms with Gasteiger partial charge in [-0.25, -0.2) is 4.39 Å². The minimum Gasteiger partial charge on any atom is -0.341 e. The van der Waals surface area contributed by atoms with Crippen molar-refractivity contribution in [3.05, 3.63) is 65.1 Å². The first kappa shape index (κ1) is 16.5. The molecule has 0 aliphatic rings. The molecule has 0 spiro atoms. The molecule has 0 saturated carbocycles. The molecule has 1 aromatic heterocycles. The number of aromatic nitrogens is 2. The maximum atomic E-state index is 13.7. The van der Waals surface area contributed by atoms with Crippen molar-refractivity contribution in [2.75, 3.05) is 7.05 Å². The average molecular weight is 346 g/mol. The minimum atomic E-state index is -0.299. The van der Waals surface area contributed by atoms with E-state index >= 15 is 0 Å². The summed E-state index contributed by atoms with van der Waals surface area (Å²) in [6, 6.07) is 12.0. The quantitative estimate of drug-likeness (QED) is 0.704. The molecule has 3 rings (SSSR count). The zero-order valence-corrected chi connectivity index (χ0v) is 14.0. The monoisotopic (exact) mass is 345 g/mol. The van der Waals surface area contributed by atoms with Crippen molar-refractivity contribution >= 4 is 28.4 Å². The van der Waals surface area contributed by atoms with Crippen LogP contribution in [0.5, 0.6) is 0 Å². The molecule has 0 aliphatic heterocycles. The van der Waals surface area contributed by atoms with Crippen LogP contribution < -0.4 is 0 Å². The summed E-state index contributed by atoms with van der Waals surface area (Å²) < 4.78 is 15.4. The lowest BCUT2D eigenvalue weighted by Gasteiger charge is -2.17. The van der Waals surface area contributed by atoms with E-state index in [2.05, 4.69) is 5.10 Å². The van der Waals surface area contributed by atoms with E-state index in [1.165, 1.54) is 11.0 Å². The molecule has 0 aliphatic carbocycles. The number of hydrogen-bond acceptors (Lipinski definition) is 2. The molecule has 6 heteroatoms. The van der Waals surface area contributed by atoms with E-state index in [0.717, 1.165) is 10.9 Å². The molecule has 1 heterocycles. The van der Waals surface area contributed by atoms with Crippen LogP contribution in [0.3, 0.4) is 0 Å². The van der Waals surface area contributed by atoms with Gasteiger partial charge in [-0.1, -0.05) is 29.8 Å². The molecule has 0 unspecified atom stereocenters. The van der Waals surface area contributed by atoms with Crippen LogP contribution in [0.2, 0.25) is 5.02 Å². The summed E-state index contributed by atoms with van der Waals surface area (Å²) in [5, 5.41) is 5.89. The summed E-state index contributed by atoms with van der Waals surface area (Å²) in [4.78, 5) is 13.8. The lowest BCUT2D eigenvalue weighted by molar-refractivity contribution is -0.130. The Labute approximate surface area is 144 Å². The maximum Gasteiger partial charge on any atom is 0.224 e. The number of carbonyl (C=O) groups excluding carboxylic acids is 1. The van der Waals surface area contributed by atoms with Gasteiger partial charge in [0.15, 0.2) is 0 Å². The SMILES string of the molecule is CN(Cc1ccccc1F)C(=O)CCn1ncc2cc(Cl)ccc21. The van der Waals surface area contributed by atoms with Gasteiger partial charge in [0.2, 0.25) is 5.91 Å². The van der Waals surface area contributed by atoms with Crippen molar-refractivity contribution in [1.29, 1.82) is 0 Å². The number of halogens is 2. The molecule has 0 saturated heterocycles. The van der Waals surface area contributed by atoms with Crippen LogP contribution in [0.15, 0.2) is 48.7 Å². The molecule has 0 bridgehead atoms. The fourth-order valence-corrected chi connectivity index (χ4v) is 2.78. The first-order chi connectivity index (χ1) is 11.5. The molecule has 4 nitrogen and oxygen atoms in total. The number of amides is 1. The predicted molar refractivity (Wildman–Crippen MR) is 92.2 cm³/mol. The largest absolute Gasteiger partial charge is 0.341 e. The Bertz CT molecular complexity index is 878. The molecule has 0 fully saturated rings. The fourth-order valence-electron chi connectivity index (χ4n) is 2.60. The Morgan fingerprint density at radius 1 is 1.29 bits per heavy atom. The Morgan fingerprint density at radius 2 is 2.08 bits per heavy atom. The highest BCUT2D eigenvalue weighted by atomic mass is 35.5. The molecular weight excluding hydrogens is 329 g/mol. The molecule has 0 radical (unpaired) electrons. The predicted octanol–water partition coefficient (Wildman–Crippen LogP) is 3.88. The van der Waals surface area contributed by atoms with Crippen LogP contribution in [0.4, 0.5) is 4.39 Å². The summed E-state index contributed by atoms with van der Waals surface area (Å²) in [6.45, 7) is 0.715. The van der Waals surface area contributed by atoms with Gasteiger partial charge in [-0.2, -0.15) is 5.10 Å². The zero-order chi connectivity index (χ0) is 17.1. The summed E-state index contributed by atoms with van der Waals surface area (Å²) in [7, 11) is 1.68. The van der Waals surface area contributed by atoms with E-state index in [1.807, 2.05) is 12.1 Å². The lowest BCUT2D eigenvalue weighted by Crippen LogP contribution is -2.27. The first-order valence-electron chi connectivity index (χ1n) is 7.63. The number of rotatable bonds is 5. The third kappa shape index (κ3) is 3.57. The van der Waals surface area contributed by atoms with Crippen molar-refractivity contribution in [3.63, 3.8) is 0 Å². The number of aryl methyl sites for hydroxylation is 1. The topological polar surface area (TPSA) is 38.1 Å². The van der Waals surface area contributed by atoms with Gasteiger partial charge in [0.25, 0.3) is 0 Å². The molecule has 3 aromatic rings. The Hall–Kier alpha value is -2.40. The van der Waals surface area contributed by atoms with E-state index in [1.54, 1.807) is 42.2 Å². The molecule has 0 atom stereocenters. The van der Waals surface area contributed by atoms with Crippen LogP contribution in [-0.4, -0.2) is 27.6 Å². The van der Waals surface area contributed by atoms with Crippen LogP contribution >= 0.6 is 11.6 Å². The molecule has 124 valence electrons. The lowest BCUT2D eigenvalue weighted by atomic mass is 10.2. The molecular formula is C18H17ClFN3O. The standard InChI is InChI=1S/C18H17ClFN3O/c1-22(12-13-4-2-3-5-16(13)20)18(24)8-9-23-17-7-6-15(19)10-14(17)11-21-23/h2-7,10-11H,8-9,12H2,1H3. The van der Waals surface area contributed by atoms with Gasteiger partial charge in [0.1, 0.15) is 5.82 Å². The average Bonchev–Trinajstić information content (AvgIpc) is 2.96. The Kier molecular flexibility index (Phi) is 4.81. The van der Waals surface area contributed by atoms with E-state index in [9.17, 15) is 9.18 Å². The normalized spacial score (nSPS) is 11.0. The molecule has 1 amide bonds. The summed E-state index contributed by atoms with van der Waals surface area (Å²) >= 11 is 5.96. The smallest absolute Gasteiger partial charge is 0.224 e. The van der Waals surface area contributed by atoms with E-state index in [-0.39, 0.29) is 18.3 Å². The van der Waals surface area contributed by atoms with Crippen molar-refractivity contribution in [2.24, 2.45) is 0 Å². The number of fused-ring (bicyclic) bond motifs is 1. The van der Waals surface area contributed by atoms with Gasteiger partial charge in [0.05, 0.1) is 18.3 Å². The third-order valence-electron chi connectivity index (χ3n) is 3.93. The van der Waals surface area contributed by atoms with E-state index in [4.69, 9.17) is 11.6 Å². The minimum absolute atomic E-state index is 0.0594. The van der Waals surface area contributed by atoms with Crippen molar-refractivity contribution < 1.29 is 9.18 Å². The van der Waals surface area contributed by atoms with Crippen LogP contribution in [0.25, 0.3) is 10.9 Å². The summed E-state index contributed by atoms with van der Waals surface area (Å²) in [5.41, 5.74) is 1.44. The second-order valence-corrected chi connectivity index (χ2v) is 6.10. The first-order valence-corrected chi connectivity index (χ1v) is 8.01. The number of hydrogen-bond donors (Lipinski definition) is 0. The van der Waals surface area contributed by atoms with Gasteiger partial charge in [0, 0.05) is 36.0 Å². The fraction of sp³-hybridized carbons (Fsp3) is 0.222. The van der Waals surface area contributed by atoms with Gasteiger partial charge in [-0.3, -0.25) is 9.48 Å². The van der Waals surface area contributed by atoms with Crippen molar-refractivity contribution in [3.8, 4) is 0 Å². The van der Waals surface area contributed by atoms with Crippen LogP contribution in [0, 0.1) is 5.82 Å². The molecule has 24 heavy (non-hydrogen) atoms. The zero-order valence-electron chi connectivity index (χ0n) is 13.2. The van der Waals surface area contributed by atoms with Gasteiger partial charge < -0.3 is 4.90 Å². The van der Waals surface area contributed by atoms with Gasteiger partial charge in [-0.15, -0.1) is 0 Å². The molecule has 2 aromatic carbocycles. The van der Waals surface area contributed by atoms with E-state index < -0.39 is 0 Å². The van der Waals surface area contributed by atoms with Crippen LogP contribution in [-0.2, 0) is 17.9 Å². The third-order valence-corrected chi connectivity index (χ3v) is 4.17. The Balaban J connectivity index is 1.63.